The van der Waals surface area contributed by atoms with E-state index >= 15 is 0 Å². The highest BCUT2D eigenvalue weighted by Gasteiger charge is 2.25. The van der Waals surface area contributed by atoms with E-state index in [0.717, 1.165) is 28.6 Å². The van der Waals surface area contributed by atoms with Crippen LogP contribution in [-0.2, 0) is 4.79 Å². The predicted octanol–water partition coefficient (Wildman–Crippen LogP) is 2.85. The summed E-state index contributed by atoms with van der Waals surface area (Å²) in [4.78, 5) is 10.6. The first kappa shape index (κ1) is 13.4. The van der Waals surface area contributed by atoms with E-state index in [9.17, 15) is 4.79 Å². The monoisotopic (exact) mass is 313 g/mol. The Labute approximate surface area is 114 Å². The first-order valence-corrected chi connectivity index (χ1v) is 6.79. The summed E-state index contributed by atoms with van der Waals surface area (Å²) in [6.07, 6.45) is 2.94. The summed E-state index contributed by atoms with van der Waals surface area (Å²) in [7, 11) is 0. The molecule has 1 aromatic rings. The van der Waals surface area contributed by atoms with Crippen LogP contribution in [0.1, 0.15) is 37.3 Å². The number of hydrogen-bond acceptors (Lipinski definition) is 3. The van der Waals surface area contributed by atoms with E-state index in [1.165, 1.54) is 0 Å². The van der Waals surface area contributed by atoms with Gasteiger partial charge in [-0.3, -0.25) is 4.79 Å². The number of aliphatic carboxylic acids is 1. The SMILES string of the molecule is NC(CCC(=O)O)c1cc(Br)ccc1OC1CC1. The Hall–Kier alpha value is -1.07. The van der Waals surface area contributed by atoms with Gasteiger partial charge < -0.3 is 15.6 Å². The number of carboxylic acid groups (broad SMARTS) is 1. The lowest BCUT2D eigenvalue weighted by atomic mass is 10.0. The molecule has 3 N–H and O–H groups in total. The second kappa shape index (κ2) is 5.71. The lowest BCUT2D eigenvalue weighted by molar-refractivity contribution is -0.137. The molecule has 1 aliphatic carbocycles. The van der Waals surface area contributed by atoms with Gasteiger partial charge in [-0.25, -0.2) is 0 Å². The molecule has 0 saturated heterocycles. The molecule has 4 nitrogen and oxygen atoms in total. The van der Waals surface area contributed by atoms with Crippen LogP contribution in [0.25, 0.3) is 0 Å². The van der Waals surface area contributed by atoms with Crippen molar-refractivity contribution in [3.05, 3.63) is 28.2 Å². The van der Waals surface area contributed by atoms with E-state index in [4.69, 9.17) is 15.6 Å². The Morgan fingerprint density at radius 2 is 2.28 bits per heavy atom. The molecule has 1 aromatic carbocycles. The van der Waals surface area contributed by atoms with Gasteiger partial charge in [-0.15, -0.1) is 0 Å². The maximum atomic E-state index is 10.6. The molecule has 98 valence electrons. The minimum absolute atomic E-state index is 0.0660. The van der Waals surface area contributed by atoms with Gasteiger partial charge in [0.25, 0.3) is 0 Å². The molecule has 18 heavy (non-hydrogen) atoms. The summed E-state index contributed by atoms with van der Waals surface area (Å²) in [6, 6.07) is 5.39. The van der Waals surface area contributed by atoms with E-state index < -0.39 is 5.97 Å². The van der Waals surface area contributed by atoms with Gasteiger partial charge in [0.15, 0.2) is 0 Å². The Bertz CT molecular complexity index is 446. The number of ether oxygens (including phenoxy) is 1. The van der Waals surface area contributed by atoms with Crippen molar-refractivity contribution in [1.82, 2.24) is 0 Å². The van der Waals surface area contributed by atoms with Crippen LogP contribution in [0.4, 0.5) is 0 Å². The van der Waals surface area contributed by atoms with Crippen LogP contribution in [-0.4, -0.2) is 17.2 Å². The molecule has 1 atom stereocenters. The van der Waals surface area contributed by atoms with E-state index in [-0.39, 0.29) is 12.5 Å². The van der Waals surface area contributed by atoms with Crippen molar-refractivity contribution in [1.29, 1.82) is 0 Å². The fourth-order valence-electron chi connectivity index (χ4n) is 1.72. The van der Waals surface area contributed by atoms with Crippen molar-refractivity contribution < 1.29 is 14.6 Å². The first-order chi connectivity index (χ1) is 8.56. The molecule has 0 heterocycles. The van der Waals surface area contributed by atoms with Crippen LogP contribution in [0, 0.1) is 0 Å². The molecule has 1 fully saturated rings. The minimum atomic E-state index is -0.829. The molecule has 0 amide bonds. The highest BCUT2D eigenvalue weighted by molar-refractivity contribution is 9.10. The standard InChI is InChI=1S/C13H16BrNO3/c14-8-1-5-12(18-9-2-3-9)10(7-8)11(15)4-6-13(16)17/h1,5,7,9,11H,2-4,6,15H2,(H,16,17). The van der Waals surface area contributed by atoms with Gasteiger partial charge in [0.05, 0.1) is 6.10 Å². The van der Waals surface area contributed by atoms with Crippen LogP contribution in [0.2, 0.25) is 0 Å². The summed E-state index contributed by atoms with van der Waals surface area (Å²) >= 11 is 3.40. The number of nitrogens with two attached hydrogens (primary N) is 1. The first-order valence-electron chi connectivity index (χ1n) is 5.99. The summed E-state index contributed by atoms with van der Waals surface area (Å²) in [5.41, 5.74) is 6.92. The lowest BCUT2D eigenvalue weighted by Gasteiger charge is -2.16. The summed E-state index contributed by atoms with van der Waals surface area (Å²) in [6.45, 7) is 0. The molecule has 1 saturated carbocycles. The molecule has 1 unspecified atom stereocenters. The van der Waals surface area contributed by atoms with E-state index in [1.54, 1.807) is 0 Å². The molecule has 0 bridgehead atoms. The highest BCUT2D eigenvalue weighted by atomic mass is 79.9. The van der Waals surface area contributed by atoms with Gasteiger partial charge in [-0.05, 0) is 37.5 Å². The fraction of sp³-hybridized carbons (Fsp3) is 0.462. The molecule has 0 spiro atoms. The van der Waals surface area contributed by atoms with Crippen molar-refractivity contribution >= 4 is 21.9 Å². The van der Waals surface area contributed by atoms with Crippen molar-refractivity contribution in [2.75, 3.05) is 0 Å². The van der Waals surface area contributed by atoms with Crippen molar-refractivity contribution in [2.45, 2.75) is 37.8 Å². The van der Waals surface area contributed by atoms with Crippen molar-refractivity contribution in [2.24, 2.45) is 5.73 Å². The highest BCUT2D eigenvalue weighted by Crippen LogP contribution is 2.34. The van der Waals surface area contributed by atoms with Gasteiger partial charge in [0.2, 0.25) is 0 Å². The number of carboxylic acids is 1. The zero-order valence-electron chi connectivity index (χ0n) is 9.93. The van der Waals surface area contributed by atoms with Crippen LogP contribution in [0.5, 0.6) is 5.75 Å². The zero-order chi connectivity index (χ0) is 13.1. The maximum absolute atomic E-state index is 10.6. The maximum Gasteiger partial charge on any atom is 0.303 e. The van der Waals surface area contributed by atoms with Crippen LogP contribution in [0.15, 0.2) is 22.7 Å². The Kier molecular flexibility index (Phi) is 4.24. The van der Waals surface area contributed by atoms with E-state index in [1.807, 2.05) is 18.2 Å². The average molecular weight is 314 g/mol. The van der Waals surface area contributed by atoms with Crippen molar-refractivity contribution in [3.63, 3.8) is 0 Å². The molecule has 1 aliphatic rings. The quantitative estimate of drug-likeness (QED) is 0.847. The number of hydrogen-bond donors (Lipinski definition) is 2. The van der Waals surface area contributed by atoms with Crippen molar-refractivity contribution in [3.8, 4) is 5.75 Å². The Morgan fingerprint density at radius 1 is 1.56 bits per heavy atom. The van der Waals surface area contributed by atoms with E-state index in [0.29, 0.717) is 12.5 Å². The largest absolute Gasteiger partial charge is 0.490 e. The number of halogens is 1. The second-order valence-corrected chi connectivity index (χ2v) is 5.45. The van der Waals surface area contributed by atoms with Gasteiger partial charge >= 0.3 is 5.97 Å². The minimum Gasteiger partial charge on any atom is -0.490 e. The normalized spacial score (nSPS) is 16.3. The topological polar surface area (TPSA) is 72.6 Å². The number of carbonyl (C=O) groups is 1. The third-order valence-electron chi connectivity index (χ3n) is 2.86. The molecule has 0 radical (unpaired) electrons. The van der Waals surface area contributed by atoms with Crippen LogP contribution in [0.3, 0.4) is 0 Å². The average Bonchev–Trinajstić information content (AvgIpc) is 3.12. The zero-order valence-corrected chi connectivity index (χ0v) is 11.5. The third-order valence-corrected chi connectivity index (χ3v) is 3.35. The summed E-state index contributed by atoms with van der Waals surface area (Å²) < 4.78 is 6.71. The van der Waals surface area contributed by atoms with Gasteiger partial charge in [-0.1, -0.05) is 15.9 Å². The van der Waals surface area contributed by atoms with Gasteiger partial charge in [0.1, 0.15) is 5.75 Å². The fourth-order valence-corrected chi connectivity index (χ4v) is 2.10. The molecule has 5 heteroatoms. The molecule has 0 aliphatic heterocycles. The number of benzene rings is 1. The Balaban J connectivity index is 2.11. The molecule has 2 rings (SSSR count). The molecule has 0 aromatic heterocycles. The third kappa shape index (κ3) is 3.71. The molecular weight excluding hydrogens is 298 g/mol. The number of rotatable bonds is 6. The molecular formula is C13H16BrNO3. The smallest absolute Gasteiger partial charge is 0.303 e. The summed E-state index contributed by atoms with van der Waals surface area (Å²) in [5, 5.41) is 8.69. The second-order valence-electron chi connectivity index (χ2n) is 4.54. The van der Waals surface area contributed by atoms with Gasteiger partial charge in [0, 0.05) is 22.5 Å². The predicted molar refractivity (Wildman–Crippen MR) is 71.6 cm³/mol. The lowest BCUT2D eigenvalue weighted by Crippen LogP contribution is -2.14. The van der Waals surface area contributed by atoms with E-state index in [2.05, 4.69) is 15.9 Å². The van der Waals surface area contributed by atoms with Crippen LogP contribution >= 0.6 is 15.9 Å². The van der Waals surface area contributed by atoms with Crippen LogP contribution < -0.4 is 10.5 Å². The Morgan fingerprint density at radius 3 is 2.89 bits per heavy atom. The van der Waals surface area contributed by atoms with Gasteiger partial charge in [-0.2, -0.15) is 0 Å². The summed E-state index contributed by atoms with van der Waals surface area (Å²) in [5.74, 6) is -0.0521.